The first-order valence-corrected chi connectivity index (χ1v) is 7.25. The van der Waals surface area contributed by atoms with E-state index in [4.69, 9.17) is 5.73 Å². The fraction of sp³-hybridized carbons (Fsp3) is 0.562. The van der Waals surface area contributed by atoms with Gasteiger partial charge in [-0.25, -0.2) is 0 Å². The van der Waals surface area contributed by atoms with Gasteiger partial charge in [0.2, 0.25) is 5.91 Å². The largest absolute Gasteiger partial charge is 0.399 e. The number of amides is 1. The molecule has 19 heavy (non-hydrogen) atoms. The molecule has 0 aromatic heterocycles. The van der Waals surface area contributed by atoms with Crippen molar-refractivity contribution in [1.82, 2.24) is 4.90 Å². The molecule has 1 fully saturated rings. The summed E-state index contributed by atoms with van der Waals surface area (Å²) in [7, 11) is 0. The number of hydrogen-bond donors (Lipinski definition) is 1. The molecule has 1 aliphatic rings. The topological polar surface area (TPSA) is 46.3 Å². The lowest BCUT2D eigenvalue weighted by Crippen LogP contribution is -2.36. The van der Waals surface area contributed by atoms with E-state index in [2.05, 4.69) is 13.8 Å². The van der Waals surface area contributed by atoms with Crippen LogP contribution < -0.4 is 5.73 Å². The minimum absolute atomic E-state index is 0.174. The summed E-state index contributed by atoms with van der Waals surface area (Å²) in [6, 6.07) is 7.82. The highest BCUT2D eigenvalue weighted by molar-refractivity contribution is 5.79. The van der Waals surface area contributed by atoms with Gasteiger partial charge >= 0.3 is 0 Å². The standard InChI is InChI=1S/C16H24N2O/c1-3-9-18(16(19)12(2)14-7-8-14)11-13-5-4-6-15(17)10-13/h4-6,10,12,14H,3,7-9,11,17H2,1-2H3. The van der Waals surface area contributed by atoms with E-state index in [-0.39, 0.29) is 5.92 Å². The zero-order valence-corrected chi connectivity index (χ0v) is 11.9. The molecule has 1 atom stereocenters. The number of anilines is 1. The molecule has 0 bridgehead atoms. The molecule has 1 aromatic rings. The Morgan fingerprint density at radius 3 is 2.79 bits per heavy atom. The van der Waals surface area contributed by atoms with E-state index >= 15 is 0 Å². The maximum atomic E-state index is 12.5. The molecule has 0 heterocycles. The number of nitrogens with two attached hydrogens (primary N) is 1. The highest BCUT2D eigenvalue weighted by Crippen LogP contribution is 2.37. The SMILES string of the molecule is CCCN(Cc1cccc(N)c1)C(=O)C(C)C1CC1. The van der Waals surface area contributed by atoms with Crippen LogP contribution in [0.3, 0.4) is 0 Å². The van der Waals surface area contributed by atoms with E-state index in [9.17, 15) is 4.79 Å². The summed E-state index contributed by atoms with van der Waals surface area (Å²) in [5, 5.41) is 0. The Kier molecular flexibility index (Phi) is 4.46. The predicted molar refractivity (Wildman–Crippen MR) is 78.5 cm³/mol. The second-order valence-electron chi connectivity index (χ2n) is 5.63. The Labute approximate surface area is 115 Å². The van der Waals surface area contributed by atoms with Gasteiger partial charge in [0.15, 0.2) is 0 Å². The lowest BCUT2D eigenvalue weighted by molar-refractivity contribution is -0.136. The van der Waals surface area contributed by atoms with E-state index in [0.717, 1.165) is 24.2 Å². The molecule has 0 radical (unpaired) electrons. The monoisotopic (exact) mass is 260 g/mol. The number of nitrogen functional groups attached to an aromatic ring is 1. The van der Waals surface area contributed by atoms with Gasteiger partial charge in [-0.3, -0.25) is 4.79 Å². The van der Waals surface area contributed by atoms with Crippen LogP contribution in [0.1, 0.15) is 38.7 Å². The van der Waals surface area contributed by atoms with Crippen LogP contribution in [0, 0.1) is 11.8 Å². The first-order chi connectivity index (χ1) is 9.11. The van der Waals surface area contributed by atoms with Gasteiger partial charge in [-0.2, -0.15) is 0 Å². The van der Waals surface area contributed by atoms with Crippen LogP contribution in [-0.2, 0) is 11.3 Å². The second kappa shape index (κ2) is 6.09. The molecule has 2 rings (SSSR count). The third kappa shape index (κ3) is 3.72. The number of rotatable bonds is 6. The van der Waals surface area contributed by atoms with Gasteiger partial charge in [-0.1, -0.05) is 26.0 Å². The van der Waals surface area contributed by atoms with Gasteiger partial charge in [0.05, 0.1) is 0 Å². The van der Waals surface area contributed by atoms with Crippen molar-refractivity contribution in [3.05, 3.63) is 29.8 Å². The van der Waals surface area contributed by atoms with Crippen molar-refractivity contribution in [2.75, 3.05) is 12.3 Å². The molecule has 1 amide bonds. The number of carbonyl (C=O) groups excluding carboxylic acids is 1. The molecule has 2 N–H and O–H groups in total. The normalized spacial score (nSPS) is 16.1. The number of carbonyl (C=O) groups is 1. The summed E-state index contributed by atoms with van der Waals surface area (Å²) in [4.78, 5) is 14.5. The molecule has 104 valence electrons. The number of nitrogens with zero attached hydrogens (tertiary/aromatic N) is 1. The summed E-state index contributed by atoms with van der Waals surface area (Å²) in [5.74, 6) is 1.09. The zero-order valence-electron chi connectivity index (χ0n) is 11.9. The molecular weight excluding hydrogens is 236 g/mol. The van der Waals surface area contributed by atoms with E-state index in [0.29, 0.717) is 18.4 Å². The van der Waals surface area contributed by atoms with Crippen molar-refractivity contribution >= 4 is 11.6 Å². The minimum atomic E-state index is 0.174. The second-order valence-corrected chi connectivity index (χ2v) is 5.63. The fourth-order valence-electron chi connectivity index (χ4n) is 2.53. The van der Waals surface area contributed by atoms with Crippen LogP contribution >= 0.6 is 0 Å². The highest BCUT2D eigenvalue weighted by atomic mass is 16.2. The van der Waals surface area contributed by atoms with Crippen molar-refractivity contribution in [2.24, 2.45) is 11.8 Å². The maximum Gasteiger partial charge on any atom is 0.225 e. The molecule has 1 aromatic carbocycles. The summed E-state index contributed by atoms with van der Waals surface area (Å²) < 4.78 is 0. The van der Waals surface area contributed by atoms with Crippen molar-refractivity contribution in [1.29, 1.82) is 0 Å². The highest BCUT2D eigenvalue weighted by Gasteiger charge is 2.34. The van der Waals surface area contributed by atoms with Gasteiger partial charge < -0.3 is 10.6 Å². The third-order valence-corrected chi connectivity index (χ3v) is 3.85. The molecule has 1 aliphatic carbocycles. The Balaban J connectivity index is 2.04. The fourth-order valence-corrected chi connectivity index (χ4v) is 2.53. The van der Waals surface area contributed by atoms with Crippen molar-refractivity contribution in [3.63, 3.8) is 0 Å². The summed E-state index contributed by atoms with van der Waals surface area (Å²) in [5.41, 5.74) is 7.68. The lowest BCUT2D eigenvalue weighted by atomic mass is 10.0. The Morgan fingerprint density at radius 2 is 2.21 bits per heavy atom. The van der Waals surface area contributed by atoms with E-state index < -0.39 is 0 Å². The first-order valence-electron chi connectivity index (χ1n) is 7.25. The molecule has 0 spiro atoms. The van der Waals surface area contributed by atoms with Crippen LogP contribution in [0.5, 0.6) is 0 Å². The van der Waals surface area contributed by atoms with Crippen LogP contribution in [-0.4, -0.2) is 17.4 Å². The summed E-state index contributed by atoms with van der Waals surface area (Å²) in [6.45, 7) is 5.68. The van der Waals surface area contributed by atoms with Crippen LogP contribution in [0.4, 0.5) is 5.69 Å². The minimum Gasteiger partial charge on any atom is -0.399 e. The van der Waals surface area contributed by atoms with E-state index in [1.165, 1.54) is 12.8 Å². The van der Waals surface area contributed by atoms with Gasteiger partial charge in [0, 0.05) is 24.7 Å². The van der Waals surface area contributed by atoms with Crippen molar-refractivity contribution in [2.45, 2.75) is 39.7 Å². The van der Waals surface area contributed by atoms with Gasteiger partial charge in [-0.15, -0.1) is 0 Å². The number of benzene rings is 1. The van der Waals surface area contributed by atoms with E-state index in [1.54, 1.807) is 0 Å². The van der Waals surface area contributed by atoms with Crippen molar-refractivity contribution in [3.8, 4) is 0 Å². The Hall–Kier alpha value is -1.51. The molecule has 0 saturated heterocycles. The molecular formula is C16H24N2O. The van der Waals surface area contributed by atoms with Gasteiger partial charge in [0.25, 0.3) is 0 Å². The molecule has 3 nitrogen and oxygen atoms in total. The molecule has 1 unspecified atom stereocenters. The van der Waals surface area contributed by atoms with Gasteiger partial charge in [-0.05, 0) is 42.9 Å². The smallest absolute Gasteiger partial charge is 0.225 e. The third-order valence-electron chi connectivity index (χ3n) is 3.85. The van der Waals surface area contributed by atoms with E-state index in [1.807, 2.05) is 29.2 Å². The first kappa shape index (κ1) is 13.9. The Morgan fingerprint density at radius 1 is 1.47 bits per heavy atom. The summed E-state index contributed by atoms with van der Waals surface area (Å²) >= 11 is 0. The van der Waals surface area contributed by atoms with Crippen LogP contribution in [0.15, 0.2) is 24.3 Å². The summed E-state index contributed by atoms with van der Waals surface area (Å²) in [6.07, 6.45) is 3.42. The number of hydrogen-bond acceptors (Lipinski definition) is 2. The van der Waals surface area contributed by atoms with Gasteiger partial charge in [0.1, 0.15) is 0 Å². The zero-order chi connectivity index (χ0) is 13.8. The molecule has 0 aliphatic heterocycles. The molecule has 1 saturated carbocycles. The maximum absolute atomic E-state index is 12.5. The average molecular weight is 260 g/mol. The quantitative estimate of drug-likeness (QED) is 0.799. The van der Waals surface area contributed by atoms with Crippen molar-refractivity contribution < 1.29 is 4.79 Å². The predicted octanol–water partition coefficient (Wildman–Crippen LogP) is 3.05. The average Bonchev–Trinajstić information content (AvgIpc) is 3.21. The Bertz CT molecular complexity index is 440. The van der Waals surface area contributed by atoms with Crippen LogP contribution in [0.25, 0.3) is 0 Å². The lowest BCUT2D eigenvalue weighted by Gasteiger charge is -2.25. The van der Waals surface area contributed by atoms with Crippen LogP contribution in [0.2, 0.25) is 0 Å². The molecule has 3 heteroatoms.